The molecule has 0 aromatic rings. The molecule has 2 aliphatic heterocycles. The molecular formula is C26H50N6O4. The molecule has 10 heteroatoms. The van der Waals surface area contributed by atoms with Crippen molar-refractivity contribution in [3.63, 3.8) is 0 Å². The van der Waals surface area contributed by atoms with Gasteiger partial charge in [-0.2, -0.15) is 15.3 Å². The van der Waals surface area contributed by atoms with Gasteiger partial charge in [0.25, 0.3) is 11.8 Å². The summed E-state index contributed by atoms with van der Waals surface area (Å²) in [6.45, 7) is 22.8. The van der Waals surface area contributed by atoms with Gasteiger partial charge < -0.3 is 15.7 Å². The number of nitrogens with one attached hydrogen (secondary N) is 2. The number of hydrogen-bond acceptors (Lipinski definition) is 8. The zero-order valence-electron chi connectivity index (χ0n) is 22.7. The Bertz CT molecular complexity index is 893. The van der Waals surface area contributed by atoms with E-state index >= 15 is 0 Å². The Morgan fingerprint density at radius 2 is 1.14 bits per heavy atom. The Morgan fingerprint density at radius 1 is 0.694 bits per heavy atom. The monoisotopic (exact) mass is 510 g/mol. The van der Waals surface area contributed by atoms with Gasteiger partial charge in [-0.25, -0.2) is 0 Å². The van der Waals surface area contributed by atoms with Crippen molar-refractivity contribution in [3.8, 4) is 0 Å². The first-order valence-electron chi connectivity index (χ1n) is 11.5. The summed E-state index contributed by atoms with van der Waals surface area (Å²) in [5.74, 6) is -0.913. The van der Waals surface area contributed by atoms with Gasteiger partial charge in [-0.3, -0.25) is 14.4 Å². The van der Waals surface area contributed by atoms with Crippen LogP contribution in [0.3, 0.4) is 0 Å². The topological polar surface area (TPSA) is 145 Å². The Hall–Kier alpha value is -2.65. The van der Waals surface area contributed by atoms with Crippen molar-refractivity contribution >= 4 is 17.6 Å². The number of rotatable bonds is 2. The molecule has 1 fully saturated rings. The highest BCUT2D eigenvalue weighted by Gasteiger charge is 2.46. The maximum atomic E-state index is 12.0. The van der Waals surface area contributed by atoms with Crippen LogP contribution in [-0.2, 0) is 14.4 Å². The fourth-order valence-electron chi connectivity index (χ4n) is 3.01. The van der Waals surface area contributed by atoms with E-state index in [-0.39, 0.29) is 65.8 Å². The average Bonchev–Trinajstić information content (AvgIpc) is 3.06. The second-order valence-electron chi connectivity index (χ2n) is 12.9. The zero-order chi connectivity index (χ0) is 26.9. The van der Waals surface area contributed by atoms with E-state index in [0.29, 0.717) is 0 Å². The predicted octanol–water partition coefficient (Wildman–Crippen LogP) is 5.54. The number of aliphatic hydroxyl groups excluding tert-OH is 1. The van der Waals surface area contributed by atoms with Crippen LogP contribution in [0.2, 0.25) is 0 Å². The van der Waals surface area contributed by atoms with E-state index in [9.17, 15) is 19.5 Å². The maximum Gasteiger partial charge on any atom is 0.275 e. The highest BCUT2D eigenvalue weighted by Crippen LogP contribution is 2.30. The van der Waals surface area contributed by atoms with Crippen LogP contribution in [0, 0.1) is 10.8 Å². The van der Waals surface area contributed by atoms with Gasteiger partial charge in [0, 0.05) is 0 Å². The van der Waals surface area contributed by atoms with Gasteiger partial charge in [-0.15, -0.1) is 5.11 Å². The summed E-state index contributed by atoms with van der Waals surface area (Å²) >= 11 is 0. The van der Waals surface area contributed by atoms with Gasteiger partial charge in [-0.1, -0.05) is 56.4 Å². The number of nitrogens with zero attached hydrogens (tertiary/aromatic N) is 4. The number of carbonyl (C=O) groups excluding carboxylic acids is 3. The number of amides is 2. The second kappa shape index (κ2) is 12.1. The van der Waals surface area contributed by atoms with E-state index in [1.807, 2.05) is 83.1 Å². The van der Waals surface area contributed by atoms with E-state index in [4.69, 9.17) is 0 Å². The van der Waals surface area contributed by atoms with Gasteiger partial charge in [0.2, 0.25) is 6.04 Å². The van der Waals surface area contributed by atoms with Crippen LogP contribution < -0.4 is 10.6 Å². The van der Waals surface area contributed by atoms with Crippen LogP contribution >= 0.6 is 0 Å². The smallest absolute Gasteiger partial charge is 0.275 e. The summed E-state index contributed by atoms with van der Waals surface area (Å²) in [6, 6.07) is -1.85. The van der Waals surface area contributed by atoms with Crippen molar-refractivity contribution in [2.75, 3.05) is 0 Å². The Labute approximate surface area is 217 Å². The predicted molar refractivity (Wildman–Crippen MR) is 144 cm³/mol. The van der Waals surface area contributed by atoms with Crippen LogP contribution in [0.25, 0.3) is 0 Å². The van der Waals surface area contributed by atoms with Gasteiger partial charge >= 0.3 is 0 Å². The minimum absolute atomic E-state index is 0. The van der Waals surface area contributed by atoms with Crippen molar-refractivity contribution < 1.29 is 19.5 Å². The molecule has 1 saturated heterocycles. The maximum absolute atomic E-state index is 12.0. The lowest BCUT2D eigenvalue weighted by atomic mass is 9.85. The number of azo groups is 2. The van der Waals surface area contributed by atoms with Crippen molar-refractivity contribution in [1.29, 1.82) is 0 Å². The van der Waals surface area contributed by atoms with Crippen molar-refractivity contribution in [3.05, 3.63) is 11.5 Å². The number of carbonyl (C=O) groups is 3. The van der Waals surface area contributed by atoms with E-state index in [2.05, 4.69) is 31.1 Å². The number of hydrogen-bond donors (Lipinski definition) is 3. The average molecular weight is 511 g/mol. The minimum atomic E-state index is -0.974. The fourth-order valence-corrected chi connectivity index (χ4v) is 3.01. The molecule has 2 rings (SSSR count). The molecule has 3 unspecified atom stereocenters. The van der Waals surface area contributed by atoms with Crippen molar-refractivity contribution in [1.82, 2.24) is 10.6 Å². The molecule has 36 heavy (non-hydrogen) atoms. The summed E-state index contributed by atoms with van der Waals surface area (Å²) in [6.07, 6.45) is 0. The van der Waals surface area contributed by atoms with E-state index in [0.717, 1.165) is 0 Å². The number of ketones is 1. The molecule has 3 atom stereocenters. The van der Waals surface area contributed by atoms with Gasteiger partial charge in [0.15, 0.2) is 11.5 Å². The molecule has 2 heterocycles. The highest BCUT2D eigenvalue weighted by atomic mass is 16.3. The van der Waals surface area contributed by atoms with Crippen LogP contribution in [-0.4, -0.2) is 51.9 Å². The largest absolute Gasteiger partial charge is 0.508 e. The Morgan fingerprint density at radius 3 is 1.47 bits per heavy atom. The third-order valence-corrected chi connectivity index (χ3v) is 4.75. The van der Waals surface area contributed by atoms with Gasteiger partial charge in [-0.05, 0) is 52.4 Å². The molecule has 0 aliphatic carbocycles. The molecule has 0 aromatic carbocycles. The van der Waals surface area contributed by atoms with Gasteiger partial charge in [0.1, 0.15) is 5.76 Å². The van der Waals surface area contributed by atoms with Crippen molar-refractivity contribution in [2.24, 2.45) is 31.3 Å². The highest BCUT2D eigenvalue weighted by molar-refractivity contribution is 6.14. The number of Topliss-reactive ketones (excluding diaryl/α,β-unsaturated/α-hetero) is 1. The lowest BCUT2D eigenvalue weighted by molar-refractivity contribution is -0.124. The van der Waals surface area contributed by atoms with E-state index in [1.54, 1.807) is 0 Å². The lowest BCUT2D eigenvalue weighted by Crippen LogP contribution is -2.41. The minimum Gasteiger partial charge on any atom is -0.508 e. The van der Waals surface area contributed by atoms with Gasteiger partial charge in [0.05, 0.1) is 23.2 Å². The van der Waals surface area contributed by atoms with Crippen LogP contribution in [0.15, 0.2) is 31.9 Å². The summed E-state index contributed by atoms with van der Waals surface area (Å²) in [5, 5.41) is 31.1. The van der Waals surface area contributed by atoms with E-state index < -0.39 is 18.1 Å². The third kappa shape index (κ3) is 10.1. The number of aliphatic hydroxyl groups is 1. The molecule has 2 aliphatic rings. The third-order valence-electron chi connectivity index (χ3n) is 4.75. The molecule has 0 bridgehead atoms. The Kier molecular flexibility index (Phi) is 11.9. The Balaban J connectivity index is 0. The molecule has 10 nitrogen and oxygen atoms in total. The van der Waals surface area contributed by atoms with Crippen LogP contribution in [0.1, 0.15) is 97.9 Å². The summed E-state index contributed by atoms with van der Waals surface area (Å²) in [7, 11) is 0. The summed E-state index contributed by atoms with van der Waals surface area (Å²) in [4.78, 5) is 35.4. The first kappa shape index (κ1) is 35.5. The zero-order valence-corrected chi connectivity index (χ0v) is 22.7. The molecule has 0 aromatic heterocycles. The first-order valence-corrected chi connectivity index (χ1v) is 11.5. The molecule has 3 N–H and O–H groups in total. The second-order valence-corrected chi connectivity index (χ2v) is 12.9. The molecule has 208 valence electrons. The standard InChI is InChI=1S/2C12H21N3O2.2CH4/c2*1-11(2,3)9-8(16)7(10(17)13-9)14-15-12(4,5)6;;/h9,16H,1-6H3,(H,13,17);7,9H,1-6H3,(H,13,17);2*1H4. The summed E-state index contributed by atoms with van der Waals surface area (Å²) < 4.78 is 0. The van der Waals surface area contributed by atoms with E-state index in [1.165, 1.54) is 0 Å². The SMILES string of the molecule is C.C.CC(C)(C)N=NC1=C(O)C(C(C)(C)C)NC1=O.CC(C)(C)N=NC1C(=O)NC(C(C)(C)C)C1=O. The normalized spacial score (nSPS) is 23.2. The van der Waals surface area contributed by atoms with Crippen molar-refractivity contribution in [2.45, 2.75) is 127 Å². The molecule has 2 amide bonds. The van der Waals surface area contributed by atoms with Crippen LogP contribution in [0.5, 0.6) is 0 Å². The van der Waals surface area contributed by atoms with Crippen LogP contribution in [0.4, 0.5) is 0 Å². The molecule has 0 saturated carbocycles. The lowest BCUT2D eigenvalue weighted by Gasteiger charge is -2.26. The first-order chi connectivity index (χ1) is 15.0. The summed E-state index contributed by atoms with van der Waals surface area (Å²) in [5.41, 5.74) is -1.26. The molecular weight excluding hydrogens is 460 g/mol. The quantitative estimate of drug-likeness (QED) is 0.330. The fraction of sp³-hybridized carbons (Fsp3) is 0.808. The molecule has 0 radical (unpaired) electrons. The molecule has 0 spiro atoms.